The van der Waals surface area contributed by atoms with Gasteiger partial charge in [0.1, 0.15) is 0 Å². The molecule has 0 fully saturated rings. The van der Waals surface area contributed by atoms with Gasteiger partial charge in [-0.2, -0.15) is 0 Å². The monoisotopic (exact) mass is 343 g/mol. The van der Waals surface area contributed by atoms with Crippen LogP contribution in [0.4, 0.5) is 0 Å². The normalized spacial score (nSPS) is 12.7. The average molecular weight is 343 g/mol. The first kappa shape index (κ1) is 12.1. The molecule has 0 bridgehead atoms. The van der Waals surface area contributed by atoms with E-state index in [2.05, 4.69) is 70.5 Å². The predicted octanol–water partition coefficient (Wildman–Crippen LogP) is 3.97. The molecule has 0 radical (unpaired) electrons. The van der Waals surface area contributed by atoms with E-state index >= 15 is 0 Å². The van der Waals surface area contributed by atoms with Crippen LogP contribution in [0.1, 0.15) is 22.0 Å². The highest BCUT2D eigenvalue weighted by molar-refractivity contribution is 14.1. The summed E-state index contributed by atoms with van der Waals surface area (Å²) in [7, 11) is 2.02. The van der Waals surface area contributed by atoms with Crippen LogP contribution >= 0.6 is 33.9 Å². The van der Waals surface area contributed by atoms with Crippen molar-refractivity contribution in [1.82, 2.24) is 5.32 Å². The van der Waals surface area contributed by atoms with Crippen LogP contribution in [0.5, 0.6) is 0 Å². The van der Waals surface area contributed by atoms with Crippen molar-refractivity contribution in [3.63, 3.8) is 0 Å². The minimum atomic E-state index is 0.312. The molecule has 0 saturated heterocycles. The van der Waals surface area contributed by atoms with Crippen molar-refractivity contribution in [1.29, 1.82) is 0 Å². The average Bonchev–Trinajstić information content (AvgIpc) is 2.79. The molecule has 2 rings (SSSR count). The van der Waals surface area contributed by atoms with E-state index < -0.39 is 0 Å². The molecule has 16 heavy (non-hydrogen) atoms. The van der Waals surface area contributed by atoms with Crippen molar-refractivity contribution in [2.45, 2.75) is 13.0 Å². The van der Waals surface area contributed by atoms with Crippen LogP contribution < -0.4 is 5.32 Å². The van der Waals surface area contributed by atoms with E-state index in [1.165, 1.54) is 19.6 Å². The van der Waals surface area contributed by atoms with E-state index in [1.54, 1.807) is 11.3 Å². The lowest BCUT2D eigenvalue weighted by Crippen LogP contribution is -2.17. The van der Waals surface area contributed by atoms with Crippen molar-refractivity contribution >= 4 is 33.9 Å². The van der Waals surface area contributed by atoms with Crippen molar-refractivity contribution in [3.8, 4) is 0 Å². The minimum Gasteiger partial charge on any atom is -0.309 e. The Kier molecular flexibility index (Phi) is 4.00. The van der Waals surface area contributed by atoms with E-state index in [1.807, 2.05) is 7.05 Å². The summed E-state index contributed by atoms with van der Waals surface area (Å²) in [5.41, 5.74) is 2.71. The summed E-state index contributed by atoms with van der Waals surface area (Å²) in [5, 5.41) is 5.52. The van der Waals surface area contributed by atoms with Crippen molar-refractivity contribution in [3.05, 3.63) is 55.3 Å². The van der Waals surface area contributed by atoms with Crippen molar-refractivity contribution in [2.24, 2.45) is 0 Å². The van der Waals surface area contributed by atoms with Gasteiger partial charge in [-0.05, 0) is 59.1 Å². The van der Waals surface area contributed by atoms with Gasteiger partial charge in [-0.3, -0.25) is 0 Å². The number of hydrogen-bond acceptors (Lipinski definition) is 2. The molecule has 0 saturated carbocycles. The molecule has 1 heterocycles. The lowest BCUT2D eigenvalue weighted by Gasteiger charge is -2.17. The topological polar surface area (TPSA) is 12.0 Å². The standard InChI is InChI=1S/C13H14INS/c1-9-5-3-6-10(12(9)14)13(15-2)11-7-4-8-16-11/h3-8,13,15H,1-2H3. The maximum Gasteiger partial charge on any atom is 0.0679 e. The van der Waals surface area contributed by atoms with Crippen LogP contribution in [0.25, 0.3) is 0 Å². The molecule has 1 aromatic carbocycles. The summed E-state index contributed by atoms with van der Waals surface area (Å²) < 4.78 is 1.35. The highest BCUT2D eigenvalue weighted by Gasteiger charge is 2.16. The predicted molar refractivity (Wildman–Crippen MR) is 79.1 cm³/mol. The summed E-state index contributed by atoms with van der Waals surface area (Å²) in [4.78, 5) is 1.37. The third-order valence-corrected chi connectivity index (χ3v) is 5.06. The first-order valence-corrected chi connectivity index (χ1v) is 7.15. The molecule has 0 aliphatic rings. The van der Waals surface area contributed by atoms with E-state index in [-0.39, 0.29) is 0 Å². The number of rotatable bonds is 3. The number of hydrogen-bond donors (Lipinski definition) is 1. The Morgan fingerprint density at radius 1 is 1.25 bits per heavy atom. The zero-order chi connectivity index (χ0) is 11.5. The van der Waals surface area contributed by atoms with Gasteiger partial charge in [-0.1, -0.05) is 24.3 Å². The lowest BCUT2D eigenvalue weighted by atomic mass is 10.0. The Morgan fingerprint density at radius 3 is 2.69 bits per heavy atom. The minimum absolute atomic E-state index is 0.312. The lowest BCUT2D eigenvalue weighted by molar-refractivity contribution is 0.700. The van der Waals surface area contributed by atoms with E-state index in [4.69, 9.17) is 0 Å². The van der Waals surface area contributed by atoms with Gasteiger partial charge in [-0.15, -0.1) is 11.3 Å². The molecule has 0 aliphatic carbocycles. The van der Waals surface area contributed by atoms with Gasteiger partial charge in [0.05, 0.1) is 6.04 Å². The van der Waals surface area contributed by atoms with E-state index in [0.717, 1.165) is 0 Å². The number of halogens is 1. The summed E-state index contributed by atoms with van der Waals surface area (Å²) in [6, 6.07) is 11.1. The second kappa shape index (κ2) is 5.29. The van der Waals surface area contributed by atoms with Crippen LogP contribution in [0.15, 0.2) is 35.7 Å². The SMILES string of the molecule is CNC(c1cccs1)c1cccc(C)c1I. The van der Waals surface area contributed by atoms with Crippen molar-refractivity contribution in [2.75, 3.05) is 7.05 Å². The molecule has 0 amide bonds. The second-order valence-electron chi connectivity index (χ2n) is 3.72. The van der Waals surface area contributed by atoms with Crippen LogP contribution in [-0.2, 0) is 0 Å². The molecule has 1 N–H and O–H groups in total. The van der Waals surface area contributed by atoms with Gasteiger partial charge in [0, 0.05) is 8.45 Å². The molecule has 1 aromatic heterocycles. The van der Waals surface area contributed by atoms with Crippen LogP contribution in [0.2, 0.25) is 0 Å². The van der Waals surface area contributed by atoms with Crippen LogP contribution in [-0.4, -0.2) is 7.05 Å². The van der Waals surface area contributed by atoms with E-state index in [9.17, 15) is 0 Å². The highest BCUT2D eigenvalue weighted by atomic mass is 127. The van der Waals surface area contributed by atoms with Gasteiger partial charge in [0.2, 0.25) is 0 Å². The third kappa shape index (κ3) is 2.31. The summed E-state index contributed by atoms with van der Waals surface area (Å²) >= 11 is 4.23. The number of thiophene rings is 1. The van der Waals surface area contributed by atoms with Gasteiger partial charge in [-0.25, -0.2) is 0 Å². The Balaban J connectivity index is 2.45. The first-order chi connectivity index (χ1) is 7.74. The van der Waals surface area contributed by atoms with E-state index in [0.29, 0.717) is 6.04 Å². The quantitative estimate of drug-likeness (QED) is 0.832. The van der Waals surface area contributed by atoms with Crippen LogP contribution in [0.3, 0.4) is 0 Å². The fourth-order valence-electron chi connectivity index (χ4n) is 1.80. The molecule has 0 aliphatic heterocycles. The molecular formula is C13H14INS. The van der Waals surface area contributed by atoms with Gasteiger partial charge in [0.25, 0.3) is 0 Å². The Bertz CT molecular complexity index is 465. The summed E-state index contributed by atoms with van der Waals surface area (Å²) in [6.45, 7) is 2.16. The molecule has 2 aromatic rings. The number of nitrogens with one attached hydrogen (secondary N) is 1. The molecule has 84 valence electrons. The zero-order valence-electron chi connectivity index (χ0n) is 9.33. The molecular weight excluding hydrogens is 329 g/mol. The molecule has 1 unspecified atom stereocenters. The Morgan fingerprint density at radius 2 is 2.06 bits per heavy atom. The second-order valence-corrected chi connectivity index (χ2v) is 5.77. The fourth-order valence-corrected chi connectivity index (χ4v) is 3.32. The smallest absolute Gasteiger partial charge is 0.0679 e. The molecule has 1 atom stereocenters. The van der Waals surface area contributed by atoms with Gasteiger partial charge >= 0.3 is 0 Å². The zero-order valence-corrected chi connectivity index (χ0v) is 12.3. The van der Waals surface area contributed by atoms with Crippen molar-refractivity contribution < 1.29 is 0 Å². The Labute approximate surface area is 114 Å². The fraction of sp³-hybridized carbons (Fsp3) is 0.231. The molecule has 1 nitrogen and oxygen atoms in total. The summed E-state index contributed by atoms with van der Waals surface area (Å²) in [6.07, 6.45) is 0. The van der Waals surface area contributed by atoms with Gasteiger partial charge < -0.3 is 5.32 Å². The first-order valence-electron chi connectivity index (χ1n) is 5.19. The largest absolute Gasteiger partial charge is 0.309 e. The van der Waals surface area contributed by atoms with Gasteiger partial charge in [0.15, 0.2) is 0 Å². The summed E-state index contributed by atoms with van der Waals surface area (Å²) in [5.74, 6) is 0. The molecule has 3 heteroatoms. The number of benzene rings is 1. The maximum atomic E-state index is 3.39. The third-order valence-electron chi connectivity index (χ3n) is 2.65. The maximum absolute atomic E-state index is 3.39. The Hall–Kier alpha value is -0.390. The molecule has 0 spiro atoms. The number of aryl methyl sites for hydroxylation is 1. The van der Waals surface area contributed by atoms with Crippen LogP contribution in [0, 0.1) is 10.5 Å². The highest BCUT2D eigenvalue weighted by Crippen LogP contribution is 2.30.